The summed E-state index contributed by atoms with van der Waals surface area (Å²) in [6, 6.07) is 0.238. The second kappa shape index (κ2) is 5.68. The molecule has 108 valence electrons. The van der Waals surface area contributed by atoms with Crippen LogP contribution in [0.25, 0.3) is 0 Å². The van der Waals surface area contributed by atoms with Crippen LogP contribution in [0.4, 0.5) is 0 Å². The number of nitrogens with zero attached hydrogens (tertiary/aromatic N) is 4. The molecule has 0 saturated heterocycles. The average molecular weight is 281 g/mol. The Hall–Kier alpha value is -2.45. The number of likely N-dealkylation sites (N-methyl/N-ethyl adjacent to an activating group) is 1. The van der Waals surface area contributed by atoms with Crippen LogP contribution >= 0.6 is 0 Å². The third-order valence-electron chi connectivity index (χ3n) is 2.72. The van der Waals surface area contributed by atoms with Gasteiger partial charge in [-0.25, -0.2) is 4.68 Å². The monoisotopic (exact) mass is 281 g/mol. The minimum absolute atomic E-state index is 0.00738. The lowest BCUT2D eigenvalue weighted by atomic mass is 10.4. The third-order valence-corrected chi connectivity index (χ3v) is 2.72. The first-order chi connectivity index (χ1) is 9.45. The van der Waals surface area contributed by atoms with Crippen LogP contribution in [0.3, 0.4) is 0 Å². The van der Waals surface area contributed by atoms with E-state index >= 15 is 0 Å². The minimum atomic E-state index is -1.08. The van der Waals surface area contributed by atoms with E-state index in [4.69, 9.17) is 5.11 Å². The Labute approximate surface area is 114 Å². The summed E-state index contributed by atoms with van der Waals surface area (Å²) in [6.07, 6.45) is 3.20. The summed E-state index contributed by atoms with van der Waals surface area (Å²) in [7, 11) is 1.48. The molecular weight excluding hydrogens is 266 g/mol. The molecule has 1 fully saturated rings. The molecule has 0 radical (unpaired) electrons. The van der Waals surface area contributed by atoms with Crippen molar-refractivity contribution in [3.8, 4) is 0 Å². The van der Waals surface area contributed by atoms with Crippen molar-refractivity contribution < 1.29 is 19.5 Å². The van der Waals surface area contributed by atoms with Crippen molar-refractivity contribution in [1.82, 2.24) is 25.2 Å². The smallest absolute Gasteiger partial charge is 0.325 e. The lowest BCUT2D eigenvalue weighted by Crippen LogP contribution is -2.39. The molecule has 9 nitrogen and oxygen atoms in total. The van der Waals surface area contributed by atoms with Crippen molar-refractivity contribution in [1.29, 1.82) is 0 Å². The predicted molar refractivity (Wildman–Crippen MR) is 65.8 cm³/mol. The summed E-state index contributed by atoms with van der Waals surface area (Å²) >= 11 is 0. The number of carboxylic acid groups (broad SMARTS) is 1. The van der Waals surface area contributed by atoms with Gasteiger partial charge in [0.05, 0.1) is 12.7 Å². The molecule has 1 saturated carbocycles. The Morgan fingerprint density at radius 3 is 2.80 bits per heavy atom. The summed E-state index contributed by atoms with van der Waals surface area (Å²) in [5, 5.41) is 18.5. The maximum Gasteiger partial charge on any atom is 0.325 e. The first-order valence-corrected chi connectivity index (χ1v) is 6.12. The summed E-state index contributed by atoms with van der Waals surface area (Å²) in [4.78, 5) is 35.2. The molecule has 0 unspecified atom stereocenters. The Morgan fingerprint density at radius 2 is 2.20 bits per heavy atom. The van der Waals surface area contributed by atoms with Crippen molar-refractivity contribution in [2.45, 2.75) is 25.4 Å². The lowest BCUT2D eigenvalue weighted by Gasteiger charge is -2.14. The molecule has 0 aromatic carbocycles. The Kier molecular flexibility index (Phi) is 3.97. The molecule has 20 heavy (non-hydrogen) atoms. The number of aromatic nitrogens is 3. The molecule has 1 aliphatic rings. The first-order valence-electron chi connectivity index (χ1n) is 6.12. The highest BCUT2D eigenvalue weighted by atomic mass is 16.4. The van der Waals surface area contributed by atoms with Crippen LogP contribution in [-0.2, 0) is 16.1 Å². The molecule has 2 N–H and O–H groups in total. The van der Waals surface area contributed by atoms with E-state index in [1.165, 1.54) is 18.1 Å². The SMILES string of the molecule is CN(CC(=O)NC1CC1)C(=O)c1cn(CC(=O)O)nn1. The lowest BCUT2D eigenvalue weighted by molar-refractivity contribution is -0.138. The second-order valence-electron chi connectivity index (χ2n) is 4.70. The third kappa shape index (κ3) is 3.77. The number of amides is 2. The van der Waals surface area contributed by atoms with Gasteiger partial charge in [0.2, 0.25) is 5.91 Å². The molecule has 0 spiro atoms. The molecule has 9 heteroatoms. The zero-order valence-electron chi connectivity index (χ0n) is 10.9. The van der Waals surface area contributed by atoms with Crippen LogP contribution in [0.2, 0.25) is 0 Å². The topological polar surface area (TPSA) is 117 Å². The van der Waals surface area contributed by atoms with Gasteiger partial charge < -0.3 is 15.3 Å². The minimum Gasteiger partial charge on any atom is -0.480 e. The molecule has 0 aliphatic heterocycles. The summed E-state index contributed by atoms with van der Waals surface area (Å²) < 4.78 is 1.05. The fraction of sp³-hybridized carbons (Fsp3) is 0.545. The zero-order valence-corrected chi connectivity index (χ0v) is 10.9. The summed E-state index contributed by atoms with van der Waals surface area (Å²) in [5.41, 5.74) is 0.00738. The summed E-state index contributed by atoms with van der Waals surface area (Å²) in [6.45, 7) is -0.437. The van der Waals surface area contributed by atoms with Gasteiger partial charge in [0.1, 0.15) is 6.54 Å². The van der Waals surface area contributed by atoms with E-state index in [1.807, 2.05) is 0 Å². The maximum atomic E-state index is 12.0. The first kappa shape index (κ1) is 14.0. The van der Waals surface area contributed by atoms with E-state index in [9.17, 15) is 14.4 Å². The second-order valence-corrected chi connectivity index (χ2v) is 4.70. The Balaban J connectivity index is 1.89. The van der Waals surface area contributed by atoms with Crippen LogP contribution < -0.4 is 5.32 Å². The highest BCUT2D eigenvalue weighted by molar-refractivity contribution is 5.94. The molecule has 1 aromatic rings. The van der Waals surface area contributed by atoms with Crippen molar-refractivity contribution in [2.75, 3.05) is 13.6 Å². The van der Waals surface area contributed by atoms with Gasteiger partial charge in [0.15, 0.2) is 5.69 Å². The van der Waals surface area contributed by atoms with Gasteiger partial charge in [-0.1, -0.05) is 5.21 Å². The molecule has 1 aromatic heterocycles. The van der Waals surface area contributed by atoms with Crippen LogP contribution in [-0.4, -0.2) is 62.4 Å². The Morgan fingerprint density at radius 1 is 1.50 bits per heavy atom. The van der Waals surface area contributed by atoms with Crippen molar-refractivity contribution in [3.05, 3.63) is 11.9 Å². The van der Waals surface area contributed by atoms with Crippen molar-refractivity contribution >= 4 is 17.8 Å². The molecule has 2 amide bonds. The van der Waals surface area contributed by atoms with Crippen LogP contribution in [0.1, 0.15) is 23.3 Å². The molecular formula is C11H15N5O4. The van der Waals surface area contributed by atoms with E-state index in [1.54, 1.807) is 0 Å². The summed E-state index contributed by atoms with van der Waals surface area (Å²) in [5.74, 6) is -1.78. The van der Waals surface area contributed by atoms with E-state index in [2.05, 4.69) is 15.6 Å². The quantitative estimate of drug-likeness (QED) is 0.670. The molecule has 0 bridgehead atoms. The number of aliphatic carboxylic acids is 1. The highest BCUT2D eigenvalue weighted by Crippen LogP contribution is 2.18. The van der Waals surface area contributed by atoms with Gasteiger partial charge in [-0.05, 0) is 12.8 Å². The van der Waals surface area contributed by atoms with Gasteiger partial charge in [-0.15, -0.1) is 5.10 Å². The average Bonchev–Trinajstić information content (AvgIpc) is 3.04. The standard InChI is InChI=1S/C11H15N5O4/c1-15(5-9(17)12-7-2-3-7)11(20)8-4-16(14-13-8)6-10(18)19/h4,7H,2-3,5-6H2,1H3,(H,12,17)(H,18,19). The van der Waals surface area contributed by atoms with Gasteiger partial charge in [0.25, 0.3) is 5.91 Å². The van der Waals surface area contributed by atoms with Crippen molar-refractivity contribution in [2.24, 2.45) is 0 Å². The van der Waals surface area contributed by atoms with Crippen LogP contribution in [0.15, 0.2) is 6.20 Å². The fourth-order valence-electron chi connectivity index (χ4n) is 1.60. The maximum absolute atomic E-state index is 12.0. The van der Waals surface area contributed by atoms with Gasteiger partial charge in [-0.3, -0.25) is 14.4 Å². The number of nitrogens with one attached hydrogen (secondary N) is 1. The van der Waals surface area contributed by atoms with Crippen LogP contribution in [0, 0.1) is 0 Å². The van der Waals surface area contributed by atoms with Crippen LogP contribution in [0.5, 0.6) is 0 Å². The van der Waals surface area contributed by atoms with E-state index < -0.39 is 11.9 Å². The number of carboxylic acids is 1. The number of carbonyl (C=O) groups excluding carboxylic acids is 2. The predicted octanol–water partition coefficient (Wildman–Crippen LogP) is -1.29. The Bertz CT molecular complexity index is 537. The number of hydrogen-bond donors (Lipinski definition) is 2. The van der Waals surface area contributed by atoms with E-state index in [0.29, 0.717) is 0 Å². The van der Waals surface area contributed by atoms with Gasteiger partial charge in [-0.2, -0.15) is 0 Å². The molecule has 0 atom stereocenters. The van der Waals surface area contributed by atoms with Gasteiger partial charge in [0, 0.05) is 13.1 Å². The number of hydrogen-bond acceptors (Lipinski definition) is 5. The van der Waals surface area contributed by atoms with E-state index in [0.717, 1.165) is 17.5 Å². The fourth-order valence-corrected chi connectivity index (χ4v) is 1.60. The van der Waals surface area contributed by atoms with E-state index in [-0.39, 0.29) is 30.7 Å². The molecule has 1 aliphatic carbocycles. The molecule has 1 heterocycles. The zero-order chi connectivity index (χ0) is 14.7. The molecule has 2 rings (SSSR count). The van der Waals surface area contributed by atoms with Crippen molar-refractivity contribution in [3.63, 3.8) is 0 Å². The largest absolute Gasteiger partial charge is 0.480 e. The number of rotatable bonds is 6. The highest BCUT2D eigenvalue weighted by Gasteiger charge is 2.25. The number of carbonyl (C=O) groups is 3. The normalized spacial score (nSPS) is 13.8. The van der Waals surface area contributed by atoms with Gasteiger partial charge >= 0.3 is 5.97 Å².